The second-order valence-electron chi connectivity index (χ2n) is 9.77. The molecule has 2 rings (SSSR count). The van der Waals surface area contributed by atoms with E-state index in [0.717, 1.165) is 18.4 Å². The van der Waals surface area contributed by atoms with Gasteiger partial charge in [0.2, 0.25) is 9.84 Å². The summed E-state index contributed by atoms with van der Waals surface area (Å²) in [4.78, 5) is 12.4. The van der Waals surface area contributed by atoms with Crippen molar-refractivity contribution >= 4 is 24.2 Å². The summed E-state index contributed by atoms with van der Waals surface area (Å²) in [5.41, 5.74) is 0.871. The molecule has 1 amide bonds. The first-order valence-corrected chi connectivity index (χ1v) is 15.9. The fraction of sp³-hybridized carbons (Fsp3) is 0.625. The fourth-order valence-electron chi connectivity index (χ4n) is 3.63. The molecule has 1 aromatic carbocycles. The summed E-state index contributed by atoms with van der Waals surface area (Å²) in [6, 6.07) is 8.63. The molecule has 1 N–H and O–H groups in total. The number of rotatable bonds is 9. The standard InChI is InChI=1S/C24H39NO5SSi/c1-7-29-23(26)25-18-12-15-20-21(30-32(5,6)24(2,3)4)16-11-17-22(20)31(27,28)19-13-9-8-10-14-19/h8-10,13-14,21H,7,11-12,15-18H2,1-6H3,(H,25,26)/t21-/m0/s1. The van der Waals surface area contributed by atoms with Crippen molar-refractivity contribution in [2.45, 2.75) is 88.9 Å². The smallest absolute Gasteiger partial charge is 0.407 e. The number of sulfone groups is 1. The summed E-state index contributed by atoms with van der Waals surface area (Å²) in [5.74, 6) is 0. The molecule has 0 saturated heterocycles. The normalized spacial score (nSPS) is 17.9. The van der Waals surface area contributed by atoms with Gasteiger partial charge < -0.3 is 14.5 Å². The van der Waals surface area contributed by atoms with Gasteiger partial charge in [-0.25, -0.2) is 13.2 Å². The molecule has 32 heavy (non-hydrogen) atoms. The van der Waals surface area contributed by atoms with Gasteiger partial charge in [-0.2, -0.15) is 0 Å². The zero-order chi connectivity index (χ0) is 24.0. The number of carbonyl (C=O) groups is 1. The topological polar surface area (TPSA) is 81.7 Å². The van der Waals surface area contributed by atoms with Crippen LogP contribution in [0.15, 0.2) is 45.7 Å². The Morgan fingerprint density at radius 3 is 2.44 bits per heavy atom. The van der Waals surface area contributed by atoms with Gasteiger partial charge in [0.1, 0.15) is 0 Å². The maximum absolute atomic E-state index is 13.5. The molecule has 1 aromatic rings. The first-order valence-electron chi connectivity index (χ1n) is 11.5. The van der Waals surface area contributed by atoms with Crippen molar-refractivity contribution in [2.24, 2.45) is 0 Å². The van der Waals surface area contributed by atoms with E-state index in [1.807, 2.05) is 6.07 Å². The maximum atomic E-state index is 13.5. The maximum Gasteiger partial charge on any atom is 0.407 e. The lowest BCUT2D eigenvalue weighted by Gasteiger charge is -2.41. The number of carbonyl (C=O) groups excluding carboxylic acids is 1. The molecule has 180 valence electrons. The van der Waals surface area contributed by atoms with Crippen molar-refractivity contribution in [1.29, 1.82) is 0 Å². The van der Waals surface area contributed by atoms with Gasteiger partial charge in [0, 0.05) is 6.54 Å². The SMILES string of the molecule is CCOC(=O)NCCCC1=C(S(=O)(=O)c2ccccc2)CCC[C@@H]1O[Si](C)(C)C(C)(C)C. The lowest BCUT2D eigenvalue weighted by atomic mass is 9.93. The number of hydrogen-bond donors (Lipinski definition) is 1. The molecule has 0 bridgehead atoms. The van der Waals surface area contributed by atoms with Gasteiger partial charge in [0.05, 0.1) is 22.5 Å². The highest BCUT2D eigenvalue weighted by Gasteiger charge is 2.41. The van der Waals surface area contributed by atoms with Crippen LogP contribution in [-0.2, 0) is 19.0 Å². The van der Waals surface area contributed by atoms with Crippen molar-refractivity contribution in [1.82, 2.24) is 5.32 Å². The van der Waals surface area contributed by atoms with Crippen molar-refractivity contribution < 1.29 is 22.4 Å². The minimum Gasteiger partial charge on any atom is -0.450 e. The largest absolute Gasteiger partial charge is 0.450 e. The Kier molecular flexibility index (Phi) is 9.13. The number of benzene rings is 1. The minimum absolute atomic E-state index is 0.0273. The summed E-state index contributed by atoms with van der Waals surface area (Å²) in [5, 5.41) is 2.76. The van der Waals surface area contributed by atoms with Gasteiger partial charge in [-0.3, -0.25) is 0 Å². The quantitative estimate of drug-likeness (QED) is 0.355. The Hall–Kier alpha value is -1.64. The van der Waals surface area contributed by atoms with Crippen LogP contribution in [-0.4, -0.2) is 42.1 Å². The molecule has 0 saturated carbocycles. The Balaban J connectivity index is 2.36. The second-order valence-corrected chi connectivity index (χ2v) is 16.5. The van der Waals surface area contributed by atoms with Gasteiger partial charge in [-0.05, 0) is 74.9 Å². The van der Waals surface area contributed by atoms with E-state index in [1.54, 1.807) is 31.2 Å². The van der Waals surface area contributed by atoms with Crippen molar-refractivity contribution in [3.05, 3.63) is 40.8 Å². The van der Waals surface area contributed by atoms with E-state index in [0.29, 0.717) is 42.2 Å². The lowest BCUT2D eigenvalue weighted by Crippen LogP contribution is -2.45. The van der Waals surface area contributed by atoms with Crippen LogP contribution in [0, 0.1) is 0 Å². The van der Waals surface area contributed by atoms with Gasteiger partial charge >= 0.3 is 6.09 Å². The van der Waals surface area contributed by atoms with Crippen LogP contribution in [0.4, 0.5) is 4.79 Å². The van der Waals surface area contributed by atoms with Crippen molar-refractivity contribution in [3.8, 4) is 0 Å². The van der Waals surface area contributed by atoms with E-state index in [-0.39, 0.29) is 11.1 Å². The molecular formula is C24H39NO5SSi. The summed E-state index contributed by atoms with van der Waals surface area (Å²) in [7, 11) is -5.69. The molecule has 1 aliphatic rings. The van der Waals surface area contributed by atoms with Crippen LogP contribution in [0.2, 0.25) is 18.1 Å². The average molecular weight is 482 g/mol. The number of allylic oxidation sites excluding steroid dienone is 1. The number of ether oxygens (including phenoxy) is 1. The predicted molar refractivity (Wildman–Crippen MR) is 131 cm³/mol. The van der Waals surface area contributed by atoms with E-state index in [9.17, 15) is 13.2 Å². The second kappa shape index (κ2) is 11.0. The van der Waals surface area contributed by atoms with E-state index < -0.39 is 24.2 Å². The Bertz CT molecular complexity index is 904. The first-order chi connectivity index (χ1) is 14.9. The summed E-state index contributed by atoms with van der Waals surface area (Å²) < 4.78 is 38.7. The Morgan fingerprint density at radius 2 is 1.84 bits per heavy atom. The third-order valence-electron chi connectivity index (χ3n) is 6.41. The molecule has 0 unspecified atom stereocenters. The Morgan fingerprint density at radius 1 is 1.19 bits per heavy atom. The zero-order valence-electron chi connectivity index (χ0n) is 20.4. The average Bonchev–Trinajstić information content (AvgIpc) is 2.71. The fourth-order valence-corrected chi connectivity index (χ4v) is 6.74. The van der Waals surface area contributed by atoms with Crippen LogP contribution >= 0.6 is 0 Å². The minimum atomic E-state index is -3.59. The summed E-state index contributed by atoms with van der Waals surface area (Å²) in [6.07, 6.45) is 2.66. The van der Waals surface area contributed by atoms with Crippen LogP contribution in [0.1, 0.15) is 59.8 Å². The van der Waals surface area contributed by atoms with Crippen LogP contribution in [0.25, 0.3) is 0 Å². The van der Waals surface area contributed by atoms with Gasteiger partial charge in [0.15, 0.2) is 8.32 Å². The van der Waals surface area contributed by atoms with Crippen molar-refractivity contribution in [2.75, 3.05) is 13.2 Å². The molecule has 0 radical (unpaired) electrons. The molecule has 8 heteroatoms. The summed E-state index contributed by atoms with van der Waals surface area (Å²) >= 11 is 0. The third kappa shape index (κ3) is 6.68. The molecule has 1 aliphatic carbocycles. The first kappa shape index (κ1) is 26.6. The molecular weight excluding hydrogens is 442 g/mol. The molecule has 0 aromatic heterocycles. The van der Waals surface area contributed by atoms with Crippen LogP contribution < -0.4 is 5.32 Å². The summed E-state index contributed by atoms with van der Waals surface area (Å²) in [6.45, 7) is 13.5. The molecule has 1 atom stereocenters. The van der Waals surface area contributed by atoms with Gasteiger partial charge in [0.25, 0.3) is 0 Å². The highest BCUT2D eigenvalue weighted by molar-refractivity contribution is 7.95. The molecule has 0 spiro atoms. The number of hydrogen-bond acceptors (Lipinski definition) is 5. The van der Waals surface area contributed by atoms with Gasteiger partial charge in [-0.1, -0.05) is 39.0 Å². The predicted octanol–water partition coefficient (Wildman–Crippen LogP) is 5.82. The number of nitrogens with one attached hydrogen (secondary N) is 1. The van der Waals surface area contributed by atoms with E-state index in [4.69, 9.17) is 9.16 Å². The van der Waals surface area contributed by atoms with Crippen LogP contribution in [0.5, 0.6) is 0 Å². The molecule has 0 heterocycles. The highest BCUT2D eigenvalue weighted by Crippen LogP contribution is 2.42. The van der Waals surface area contributed by atoms with E-state index in [1.165, 1.54) is 0 Å². The van der Waals surface area contributed by atoms with Crippen molar-refractivity contribution in [3.63, 3.8) is 0 Å². The molecule has 6 nitrogen and oxygen atoms in total. The Labute approximate surface area is 194 Å². The highest BCUT2D eigenvalue weighted by atomic mass is 32.2. The third-order valence-corrected chi connectivity index (χ3v) is 12.9. The van der Waals surface area contributed by atoms with Crippen LogP contribution in [0.3, 0.4) is 0 Å². The monoisotopic (exact) mass is 481 g/mol. The van der Waals surface area contributed by atoms with E-state index >= 15 is 0 Å². The molecule has 0 fully saturated rings. The lowest BCUT2D eigenvalue weighted by molar-refractivity contribution is 0.152. The van der Waals surface area contributed by atoms with E-state index in [2.05, 4.69) is 39.2 Å². The number of alkyl carbamates (subject to hydrolysis) is 1. The zero-order valence-corrected chi connectivity index (χ0v) is 22.2. The van der Waals surface area contributed by atoms with Gasteiger partial charge in [-0.15, -0.1) is 0 Å². The molecule has 0 aliphatic heterocycles. The number of amides is 1.